The Morgan fingerprint density at radius 1 is 1.71 bits per heavy atom. The fourth-order valence-corrected chi connectivity index (χ4v) is 1.81. The van der Waals surface area contributed by atoms with Gasteiger partial charge in [0.1, 0.15) is 0 Å². The average Bonchev–Trinajstić information content (AvgIpc) is 2.18. The molecule has 0 aliphatic carbocycles. The Labute approximate surface area is 86.0 Å². The van der Waals surface area contributed by atoms with Gasteiger partial charge in [-0.15, -0.1) is 11.8 Å². The van der Waals surface area contributed by atoms with Crippen LogP contribution in [0.25, 0.3) is 0 Å². The number of pyridine rings is 1. The van der Waals surface area contributed by atoms with Crippen molar-refractivity contribution in [3.63, 3.8) is 0 Å². The Balaban J connectivity index is 2.90. The van der Waals surface area contributed by atoms with Gasteiger partial charge in [-0.05, 0) is 6.07 Å². The fourth-order valence-electron chi connectivity index (χ4n) is 0.899. The predicted octanol–water partition coefficient (Wildman–Crippen LogP) is 1.25. The first kappa shape index (κ1) is 11.0. The maximum atomic E-state index is 10.8. The molecule has 0 radical (unpaired) electrons. The molecular formula is C9H11NO3S. The van der Waals surface area contributed by atoms with Gasteiger partial charge in [-0.2, -0.15) is 0 Å². The molecule has 0 amide bonds. The van der Waals surface area contributed by atoms with Crippen molar-refractivity contribution in [3.05, 3.63) is 24.0 Å². The van der Waals surface area contributed by atoms with E-state index in [1.165, 1.54) is 18.0 Å². The Bertz CT molecular complexity index is 330. The topological polar surface area (TPSA) is 70.4 Å². The second-order valence-electron chi connectivity index (χ2n) is 2.79. The number of hydrogen-bond donors (Lipinski definition) is 2. The van der Waals surface area contributed by atoms with E-state index in [0.29, 0.717) is 4.90 Å². The molecule has 0 aromatic carbocycles. The van der Waals surface area contributed by atoms with E-state index in [1.54, 1.807) is 12.3 Å². The lowest BCUT2D eigenvalue weighted by Crippen LogP contribution is -2.05. The van der Waals surface area contributed by atoms with Gasteiger partial charge in [-0.1, -0.05) is 6.92 Å². The lowest BCUT2D eigenvalue weighted by molar-refractivity contribution is 0.0692. The molecule has 0 saturated carbocycles. The molecule has 2 N–H and O–H groups in total. The van der Waals surface area contributed by atoms with Crippen LogP contribution in [0.3, 0.4) is 0 Å². The zero-order valence-corrected chi connectivity index (χ0v) is 8.49. The number of hydrogen-bond acceptors (Lipinski definition) is 4. The maximum Gasteiger partial charge on any atom is 0.338 e. The molecule has 0 bridgehead atoms. The van der Waals surface area contributed by atoms with Crippen LogP contribution in [0.15, 0.2) is 23.4 Å². The van der Waals surface area contributed by atoms with Crippen molar-refractivity contribution in [1.82, 2.24) is 4.98 Å². The quantitative estimate of drug-likeness (QED) is 0.737. The van der Waals surface area contributed by atoms with Crippen LogP contribution in [0.1, 0.15) is 17.3 Å². The highest BCUT2D eigenvalue weighted by Crippen LogP contribution is 2.25. The van der Waals surface area contributed by atoms with Crippen LogP contribution in [-0.4, -0.2) is 33.0 Å². The fraction of sp³-hybridized carbons (Fsp3) is 0.333. The summed E-state index contributed by atoms with van der Waals surface area (Å²) in [5.74, 6) is -0.995. The van der Waals surface area contributed by atoms with Gasteiger partial charge in [0.15, 0.2) is 0 Å². The lowest BCUT2D eigenvalue weighted by Gasteiger charge is -2.09. The van der Waals surface area contributed by atoms with E-state index in [0.717, 1.165) is 0 Å². The Morgan fingerprint density at radius 2 is 2.43 bits per heavy atom. The molecule has 1 rings (SSSR count). The third-order valence-electron chi connectivity index (χ3n) is 1.60. The van der Waals surface area contributed by atoms with Crippen LogP contribution >= 0.6 is 11.8 Å². The zero-order valence-electron chi connectivity index (χ0n) is 7.67. The third kappa shape index (κ3) is 2.71. The van der Waals surface area contributed by atoms with Gasteiger partial charge in [0.05, 0.1) is 12.2 Å². The van der Waals surface area contributed by atoms with Crippen molar-refractivity contribution in [3.8, 4) is 0 Å². The largest absolute Gasteiger partial charge is 0.478 e. The summed E-state index contributed by atoms with van der Waals surface area (Å²) in [6.07, 6.45) is 2.85. The number of aromatic nitrogens is 1. The average molecular weight is 213 g/mol. The molecule has 1 aromatic rings. The molecule has 0 aliphatic heterocycles. The van der Waals surface area contributed by atoms with Crippen LogP contribution in [0, 0.1) is 0 Å². The summed E-state index contributed by atoms with van der Waals surface area (Å²) in [7, 11) is 0. The van der Waals surface area contributed by atoms with E-state index in [9.17, 15) is 4.79 Å². The molecule has 14 heavy (non-hydrogen) atoms. The first-order valence-corrected chi connectivity index (χ1v) is 4.98. The van der Waals surface area contributed by atoms with Gasteiger partial charge in [-0.25, -0.2) is 4.79 Å². The van der Waals surface area contributed by atoms with Gasteiger partial charge in [0.25, 0.3) is 0 Å². The summed E-state index contributed by atoms with van der Waals surface area (Å²) in [5, 5.41) is 17.7. The van der Waals surface area contributed by atoms with E-state index < -0.39 is 5.97 Å². The number of thioether (sulfide) groups is 1. The third-order valence-corrected chi connectivity index (χ3v) is 2.76. The highest BCUT2D eigenvalue weighted by Gasteiger charge is 2.12. The van der Waals surface area contributed by atoms with Crippen molar-refractivity contribution in [2.75, 3.05) is 6.61 Å². The van der Waals surface area contributed by atoms with Crippen LogP contribution < -0.4 is 0 Å². The molecule has 4 nitrogen and oxygen atoms in total. The predicted molar refractivity (Wildman–Crippen MR) is 53.6 cm³/mol. The van der Waals surface area contributed by atoms with Crippen LogP contribution in [0.4, 0.5) is 0 Å². The number of aliphatic hydroxyl groups excluding tert-OH is 1. The van der Waals surface area contributed by atoms with Crippen molar-refractivity contribution in [2.45, 2.75) is 17.1 Å². The van der Waals surface area contributed by atoms with Crippen molar-refractivity contribution < 1.29 is 15.0 Å². The number of aromatic carboxylic acids is 1. The standard InChI is InChI=1S/C9H11NO3S/c1-6(5-11)14-8-2-3-10-4-7(8)9(12)13/h2-4,6,11H,5H2,1H3,(H,12,13). The SMILES string of the molecule is CC(CO)Sc1ccncc1C(=O)O. The molecule has 1 heterocycles. The van der Waals surface area contributed by atoms with Gasteiger partial charge in [0, 0.05) is 22.5 Å². The van der Waals surface area contributed by atoms with Gasteiger partial charge >= 0.3 is 5.97 Å². The zero-order chi connectivity index (χ0) is 10.6. The van der Waals surface area contributed by atoms with Crippen LogP contribution in [-0.2, 0) is 0 Å². The molecule has 1 unspecified atom stereocenters. The highest BCUT2D eigenvalue weighted by atomic mass is 32.2. The Morgan fingerprint density at radius 3 is 3.00 bits per heavy atom. The maximum absolute atomic E-state index is 10.8. The molecule has 0 fully saturated rings. The van der Waals surface area contributed by atoms with E-state index in [4.69, 9.17) is 10.2 Å². The van der Waals surface area contributed by atoms with Crippen molar-refractivity contribution in [2.24, 2.45) is 0 Å². The summed E-state index contributed by atoms with van der Waals surface area (Å²) in [5.41, 5.74) is 0.179. The Hall–Kier alpha value is -1.07. The summed E-state index contributed by atoms with van der Waals surface area (Å²) in [4.78, 5) is 15.2. The van der Waals surface area contributed by atoms with Crippen LogP contribution in [0.2, 0.25) is 0 Å². The number of aliphatic hydroxyl groups is 1. The first-order valence-electron chi connectivity index (χ1n) is 4.10. The molecule has 0 saturated heterocycles. The summed E-state index contributed by atoms with van der Waals surface area (Å²) in [6, 6.07) is 1.64. The second kappa shape index (κ2) is 4.97. The van der Waals surface area contributed by atoms with E-state index in [2.05, 4.69) is 4.98 Å². The molecule has 0 aliphatic rings. The first-order chi connectivity index (χ1) is 6.65. The molecule has 0 spiro atoms. The minimum atomic E-state index is -0.995. The number of rotatable bonds is 4. The molecule has 1 aromatic heterocycles. The smallest absolute Gasteiger partial charge is 0.338 e. The second-order valence-corrected chi connectivity index (χ2v) is 4.27. The number of nitrogens with zero attached hydrogens (tertiary/aromatic N) is 1. The number of carboxylic acid groups (broad SMARTS) is 1. The minimum Gasteiger partial charge on any atom is -0.478 e. The summed E-state index contributed by atoms with van der Waals surface area (Å²) >= 11 is 1.33. The lowest BCUT2D eigenvalue weighted by atomic mass is 10.3. The van der Waals surface area contributed by atoms with Crippen LogP contribution in [0.5, 0.6) is 0 Å². The van der Waals surface area contributed by atoms with Gasteiger partial charge in [0.2, 0.25) is 0 Å². The van der Waals surface area contributed by atoms with Gasteiger partial charge < -0.3 is 10.2 Å². The molecule has 76 valence electrons. The number of carbonyl (C=O) groups is 1. The van der Waals surface area contributed by atoms with E-state index in [-0.39, 0.29) is 17.4 Å². The highest BCUT2D eigenvalue weighted by molar-refractivity contribution is 8.00. The molecule has 5 heteroatoms. The number of carboxylic acids is 1. The van der Waals surface area contributed by atoms with Crippen molar-refractivity contribution in [1.29, 1.82) is 0 Å². The molecular weight excluding hydrogens is 202 g/mol. The molecule has 1 atom stereocenters. The normalized spacial score (nSPS) is 12.4. The van der Waals surface area contributed by atoms with Crippen molar-refractivity contribution >= 4 is 17.7 Å². The van der Waals surface area contributed by atoms with E-state index in [1.807, 2.05) is 6.92 Å². The summed E-state index contributed by atoms with van der Waals surface area (Å²) < 4.78 is 0. The monoisotopic (exact) mass is 213 g/mol. The Kier molecular flexibility index (Phi) is 3.91. The van der Waals surface area contributed by atoms with Gasteiger partial charge in [-0.3, -0.25) is 4.98 Å². The minimum absolute atomic E-state index is 0.0181. The summed E-state index contributed by atoms with van der Waals surface area (Å²) in [6.45, 7) is 1.85. The van der Waals surface area contributed by atoms with E-state index >= 15 is 0 Å².